The van der Waals surface area contributed by atoms with Crippen molar-refractivity contribution in [2.24, 2.45) is 0 Å². The summed E-state index contributed by atoms with van der Waals surface area (Å²) in [5, 5.41) is 0. The van der Waals surface area contributed by atoms with Gasteiger partial charge in [-0.25, -0.2) is 4.98 Å². The molecule has 94 valence electrons. The Morgan fingerprint density at radius 1 is 1.35 bits per heavy atom. The van der Waals surface area contributed by atoms with Crippen molar-refractivity contribution in [2.45, 2.75) is 53.5 Å². The third-order valence-electron chi connectivity index (χ3n) is 2.74. The van der Waals surface area contributed by atoms with Gasteiger partial charge in [-0.3, -0.25) is 0 Å². The Labute approximate surface area is 105 Å². The molecule has 1 heterocycles. The van der Waals surface area contributed by atoms with Crippen LogP contribution < -0.4 is 0 Å². The molecule has 0 saturated heterocycles. The number of hydrogen-bond acceptors (Lipinski definition) is 1. The molecule has 0 aromatic carbocycles. The minimum Gasteiger partial charge on any atom is -0.329 e. The van der Waals surface area contributed by atoms with Gasteiger partial charge in [-0.2, -0.15) is 0 Å². The van der Waals surface area contributed by atoms with Crippen LogP contribution in [-0.4, -0.2) is 9.55 Å². The smallest absolute Gasteiger partial charge is 0.0953 e. The summed E-state index contributed by atoms with van der Waals surface area (Å²) < 4.78 is 2.20. The zero-order valence-electron chi connectivity index (χ0n) is 11.7. The summed E-state index contributed by atoms with van der Waals surface area (Å²) in [6.45, 7) is 10.8. The maximum Gasteiger partial charge on any atom is 0.0953 e. The number of allylic oxidation sites excluding steroid dienone is 3. The van der Waals surface area contributed by atoms with E-state index >= 15 is 0 Å². The Bertz CT molecular complexity index is 404. The second-order valence-corrected chi connectivity index (χ2v) is 5.13. The van der Waals surface area contributed by atoms with Crippen molar-refractivity contribution in [3.05, 3.63) is 35.4 Å². The summed E-state index contributed by atoms with van der Waals surface area (Å²) in [5.41, 5.74) is 4.00. The molecule has 0 radical (unpaired) electrons. The van der Waals surface area contributed by atoms with Crippen molar-refractivity contribution < 1.29 is 0 Å². The summed E-state index contributed by atoms with van der Waals surface area (Å²) in [4.78, 5) is 4.21. The third-order valence-corrected chi connectivity index (χ3v) is 2.74. The largest absolute Gasteiger partial charge is 0.329 e. The van der Waals surface area contributed by atoms with E-state index in [0.29, 0.717) is 6.04 Å². The molecule has 0 saturated carbocycles. The molecule has 0 aliphatic rings. The Kier molecular flexibility index (Phi) is 5.20. The molecule has 0 N–H and O–H groups in total. The first-order valence-electron chi connectivity index (χ1n) is 6.33. The zero-order valence-corrected chi connectivity index (χ0v) is 11.7. The average molecular weight is 232 g/mol. The van der Waals surface area contributed by atoms with E-state index in [1.807, 2.05) is 12.5 Å². The molecular weight excluding hydrogens is 208 g/mol. The number of hydrogen-bond donors (Lipinski definition) is 0. The summed E-state index contributed by atoms with van der Waals surface area (Å²) >= 11 is 0. The molecule has 0 bridgehead atoms. The average Bonchev–Trinajstić information content (AvgIpc) is 2.65. The van der Waals surface area contributed by atoms with E-state index in [1.165, 1.54) is 16.8 Å². The maximum absolute atomic E-state index is 4.21. The van der Waals surface area contributed by atoms with Crippen LogP contribution in [0.2, 0.25) is 0 Å². The molecule has 1 aromatic rings. The van der Waals surface area contributed by atoms with Gasteiger partial charge in [0.15, 0.2) is 0 Å². The van der Waals surface area contributed by atoms with Crippen LogP contribution in [0.5, 0.6) is 0 Å². The second kappa shape index (κ2) is 6.43. The van der Waals surface area contributed by atoms with Crippen LogP contribution in [0.3, 0.4) is 0 Å². The van der Waals surface area contributed by atoms with Gasteiger partial charge in [-0.1, -0.05) is 17.2 Å². The molecule has 1 rings (SSSR count). The third kappa shape index (κ3) is 4.59. The van der Waals surface area contributed by atoms with Gasteiger partial charge in [0.25, 0.3) is 0 Å². The van der Waals surface area contributed by atoms with Crippen LogP contribution in [0.15, 0.2) is 29.7 Å². The molecule has 0 aliphatic carbocycles. The first-order chi connectivity index (χ1) is 8.00. The van der Waals surface area contributed by atoms with Crippen molar-refractivity contribution in [1.29, 1.82) is 0 Å². The fourth-order valence-corrected chi connectivity index (χ4v) is 1.77. The Balaban J connectivity index is 2.67. The molecule has 0 amide bonds. The summed E-state index contributed by atoms with van der Waals surface area (Å²) in [7, 11) is 0. The minimum atomic E-state index is 0.467. The van der Waals surface area contributed by atoms with Crippen LogP contribution in [0.1, 0.15) is 59.2 Å². The number of aromatic nitrogens is 2. The lowest BCUT2D eigenvalue weighted by atomic mass is 10.1. The molecule has 0 unspecified atom stereocenters. The van der Waals surface area contributed by atoms with Gasteiger partial charge >= 0.3 is 0 Å². The van der Waals surface area contributed by atoms with E-state index in [-0.39, 0.29) is 0 Å². The fraction of sp³-hybridized carbons (Fsp3) is 0.533. The van der Waals surface area contributed by atoms with Crippen LogP contribution in [0.4, 0.5) is 0 Å². The van der Waals surface area contributed by atoms with Gasteiger partial charge in [0.1, 0.15) is 0 Å². The van der Waals surface area contributed by atoms with E-state index in [1.54, 1.807) is 0 Å². The number of nitrogens with zero attached hydrogens (tertiary/aromatic N) is 2. The second-order valence-electron chi connectivity index (χ2n) is 5.13. The standard InChI is InChI=1S/C15H24N2/c1-12(2)7-6-8-14(5)9-15-10-16-11-17(15)13(3)4/h7,9-11,13H,6,8H2,1-5H3. The van der Waals surface area contributed by atoms with Crippen molar-refractivity contribution >= 4 is 6.08 Å². The van der Waals surface area contributed by atoms with Gasteiger partial charge in [-0.15, -0.1) is 0 Å². The Hall–Kier alpha value is -1.31. The highest BCUT2D eigenvalue weighted by Crippen LogP contribution is 2.15. The Morgan fingerprint density at radius 3 is 2.65 bits per heavy atom. The molecule has 17 heavy (non-hydrogen) atoms. The molecule has 0 fully saturated rings. The van der Waals surface area contributed by atoms with Crippen molar-refractivity contribution in [2.75, 3.05) is 0 Å². The highest BCUT2D eigenvalue weighted by Gasteiger charge is 2.02. The molecule has 2 nitrogen and oxygen atoms in total. The molecule has 0 atom stereocenters. The molecule has 0 spiro atoms. The summed E-state index contributed by atoms with van der Waals surface area (Å²) in [6, 6.07) is 0.467. The van der Waals surface area contributed by atoms with Gasteiger partial charge in [0.2, 0.25) is 0 Å². The van der Waals surface area contributed by atoms with Gasteiger partial charge in [0.05, 0.1) is 18.2 Å². The molecule has 1 aromatic heterocycles. The maximum atomic E-state index is 4.21. The Morgan fingerprint density at radius 2 is 2.06 bits per heavy atom. The predicted molar refractivity (Wildman–Crippen MR) is 74.9 cm³/mol. The predicted octanol–water partition coefficient (Wildman–Crippen LogP) is 4.61. The van der Waals surface area contributed by atoms with Crippen molar-refractivity contribution in [1.82, 2.24) is 9.55 Å². The van der Waals surface area contributed by atoms with E-state index in [2.05, 4.69) is 56.3 Å². The normalized spacial score (nSPS) is 12.0. The summed E-state index contributed by atoms with van der Waals surface area (Å²) in [6.07, 6.45) is 10.6. The SMILES string of the molecule is CC(C)=CCCC(C)=Cc1cncn1C(C)C. The first kappa shape index (κ1) is 13.8. The highest BCUT2D eigenvalue weighted by molar-refractivity contribution is 5.48. The number of rotatable bonds is 5. The minimum absolute atomic E-state index is 0.467. The topological polar surface area (TPSA) is 17.8 Å². The molecular formula is C15H24N2. The van der Waals surface area contributed by atoms with E-state index in [9.17, 15) is 0 Å². The van der Waals surface area contributed by atoms with Crippen molar-refractivity contribution in [3.63, 3.8) is 0 Å². The van der Waals surface area contributed by atoms with Gasteiger partial charge < -0.3 is 4.57 Å². The van der Waals surface area contributed by atoms with Gasteiger partial charge in [0, 0.05) is 6.04 Å². The van der Waals surface area contributed by atoms with E-state index < -0.39 is 0 Å². The first-order valence-corrected chi connectivity index (χ1v) is 6.33. The van der Waals surface area contributed by atoms with Crippen LogP contribution in [0.25, 0.3) is 6.08 Å². The lowest BCUT2D eigenvalue weighted by Gasteiger charge is -2.09. The number of imidazole rings is 1. The van der Waals surface area contributed by atoms with Gasteiger partial charge in [-0.05, 0) is 53.5 Å². The molecule has 0 aliphatic heterocycles. The summed E-state index contributed by atoms with van der Waals surface area (Å²) in [5.74, 6) is 0. The van der Waals surface area contributed by atoms with Crippen LogP contribution in [0, 0.1) is 0 Å². The lowest BCUT2D eigenvalue weighted by molar-refractivity contribution is 0.595. The highest BCUT2D eigenvalue weighted by atomic mass is 15.1. The quantitative estimate of drug-likeness (QED) is 0.678. The zero-order chi connectivity index (χ0) is 12.8. The van der Waals surface area contributed by atoms with Crippen LogP contribution >= 0.6 is 0 Å². The monoisotopic (exact) mass is 232 g/mol. The van der Waals surface area contributed by atoms with Crippen molar-refractivity contribution in [3.8, 4) is 0 Å². The van der Waals surface area contributed by atoms with E-state index in [4.69, 9.17) is 0 Å². The van der Waals surface area contributed by atoms with E-state index in [0.717, 1.165) is 12.8 Å². The lowest BCUT2D eigenvalue weighted by Crippen LogP contribution is -2.00. The fourth-order valence-electron chi connectivity index (χ4n) is 1.77. The molecule has 2 heteroatoms. The van der Waals surface area contributed by atoms with Crippen LogP contribution in [-0.2, 0) is 0 Å².